The number of hydrogen-bond acceptors (Lipinski definition) is 5. The van der Waals surface area contributed by atoms with Crippen LogP contribution >= 0.6 is 12.4 Å². The van der Waals surface area contributed by atoms with Crippen molar-refractivity contribution in [1.29, 1.82) is 0 Å². The first-order valence-electron chi connectivity index (χ1n) is 9.37. The van der Waals surface area contributed by atoms with E-state index in [0.717, 1.165) is 5.56 Å². The number of benzene rings is 1. The standard InChI is InChI=1S/C21H27FN4O2.ClH/c1-25(2)13-18-14-26(12-15-8-19(22)11-24-10-15)7-6-21(18,28)17-5-3-4-16(9-17)20(23)27;/h3-5,8-11,18,28H,6-7,12-14H2,1-2H3,(H2,23,27);1H/t18-,21-;/m1./s1. The fourth-order valence-corrected chi connectivity index (χ4v) is 4.00. The molecule has 1 amide bonds. The number of rotatable bonds is 6. The van der Waals surface area contributed by atoms with E-state index in [4.69, 9.17) is 5.73 Å². The molecule has 0 saturated carbocycles. The lowest BCUT2D eigenvalue weighted by molar-refractivity contribution is -0.0862. The van der Waals surface area contributed by atoms with E-state index in [0.29, 0.717) is 43.7 Å². The van der Waals surface area contributed by atoms with Crippen molar-refractivity contribution in [3.63, 3.8) is 0 Å². The van der Waals surface area contributed by atoms with Crippen LogP contribution < -0.4 is 5.73 Å². The molecule has 2 atom stereocenters. The third-order valence-corrected chi connectivity index (χ3v) is 5.36. The molecule has 29 heavy (non-hydrogen) atoms. The second kappa shape index (κ2) is 9.63. The number of nitrogens with two attached hydrogens (primary N) is 1. The smallest absolute Gasteiger partial charge is 0.248 e. The molecule has 0 bridgehead atoms. The Hall–Kier alpha value is -2.06. The normalized spacial score (nSPS) is 22.3. The minimum atomic E-state index is -1.06. The third kappa shape index (κ3) is 5.51. The molecule has 0 aliphatic carbocycles. The molecule has 3 N–H and O–H groups in total. The van der Waals surface area contributed by atoms with Crippen molar-refractivity contribution in [2.24, 2.45) is 11.7 Å². The van der Waals surface area contributed by atoms with E-state index < -0.39 is 11.5 Å². The van der Waals surface area contributed by atoms with E-state index in [-0.39, 0.29) is 24.1 Å². The molecular formula is C21H28ClFN4O2. The maximum absolute atomic E-state index is 13.5. The average molecular weight is 423 g/mol. The largest absolute Gasteiger partial charge is 0.385 e. The predicted molar refractivity (Wildman–Crippen MR) is 112 cm³/mol. The first kappa shape index (κ1) is 23.2. The van der Waals surface area contributed by atoms with Gasteiger partial charge in [0, 0.05) is 43.9 Å². The fraction of sp³-hybridized carbons (Fsp3) is 0.429. The van der Waals surface area contributed by atoms with Gasteiger partial charge < -0.3 is 15.7 Å². The number of hydrogen-bond donors (Lipinski definition) is 2. The summed E-state index contributed by atoms with van der Waals surface area (Å²) in [7, 11) is 3.94. The lowest BCUT2D eigenvalue weighted by Gasteiger charge is -2.46. The Kier molecular flexibility index (Phi) is 7.71. The number of aromatic nitrogens is 1. The van der Waals surface area contributed by atoms with Crippen molar-refractivity contribution < 1.29 is 14.3 Å². The van der Waals surface area contributed by atoms with Crippen molar-refractivity contribution >= 4 is 18.3 Å². The van der Waals surface area contributed by atoms with Crippen LogP contribution in [0.15, 0.2) is 42.7 Å². The highest BCUT2D eigenvalue weighted by Gasteiger charge is 2.43. The first-order valence-corrected chi connectivity index (χ1v) is 9.37. The Morgan fingerprint density at radius 3 is 2.79 bits per heavy atom. The van der Waals surface area contributed by atoms with Crippen molar-refractivity contribution in [2.75, 3.05) is 33.7 Å². The SMILES string of the molecule is CN(C)C[C@@H]1CN(Cc2cncc(F)c2)CC[C@@]1(O)c1cccc(C(N)=O)c1.Cl. The molecule has 1 saturated heterocycles. The van der Waals surface area contributed by atoms with Crippen LogP contribution in [0.3, 0.4) is 0 Å². The van der Waals surface area contributed by atoms with Gasteiger partial charge in [0.2, 0.25) is 5.91 Å². The number of likely N-dealkylation sites (tertiary alicyclic amines) is 1. The number of nitrogens with zero attached hydrogens (tertiary/aromatic N) is 3. The summed E-state index contributed by atoms with van der Waals surface area (Å²) in [4.78, 5) is 19.7. The van der Waals surface area contributed by atoms with E-state index in [1.54, 1.807) is 24.4 Å². The van der Waals surface area contributed by atoms with Crippen molar-refractivity contribution in [3.8, 4) is 0 Å². The Labute approximate surface area is 176 Å². The molecular weight excluding hydrogens is 395 g/mol. The summed E-state index contributed by atoms with van der Waals surface area (Å²) in [6.45, 7) is 2.55. The number of piperidine rings is 1. The monoisotopic (exact) mass is 422 g/mol. The number of halogens is 2. The molecule has 2 aromatic rings. The van der Waals surface area contributed by atoms with Gasteiger partial charge in [0.1, 0.15) is 5.82 Å². The number of primary amides is 1. The predicted octanol–water partition coefficient (Wildman–Crippen LogP) is 2.01. The number of amides is 1. The van der Waals surface area contributed by atoms with Gasteiger partial charge in [0.15, 0.2) is 0 Å². The van der Waals surface area contributed by atoms with Gasteiger partial charge in [-0.2, -0.15) is 0 Å². The molecule has 2 heterocycles. The highest BCUT2D eigenvalue weighted by molar-refractivity contribution is 5.92. The average Bonchev–Trinajstić information content (AvgIpc) is 2.64. The lowest BCUT2D eigenvalue weighted by atomic mass is 9.75. The summed E-state index contributed by atoms with van der Waals surface area (Å²) in [5.74, 6) is -0.939. The molecule has 1 fully saturated rings. The summed E-state index contributed by atoms with van der Waals surface area (Å²) in [6, 6.07) is 8.44. The molecule has 8 heteroatoms. The molecule has 0 unspecified atom stereocenters. The zero-order valence-electron chi connectivity index (χ0n) is 16.7. The van der Waals surface area contributed by atoms with Gasteiger partial charge in [-0.25, -0.2) is 4.39 Å². The number of carbonyl (C=O) groups is 1. The van der Waals surface area contributed by atoms with Crippen LogP contribution in [-0.2, 0) is 12.1 Å². The summed E-state index contributed by atoms with van der Waals surface area (Å²) < 4.78 is 13.5. The highest BCUT2D eigenvalue weighted by Crippen LogP contribution is 2.38. The molecule has 1 aliphatic heterocycles. The van der Waals surface area contributed by atoms with Crippen LogP contribution in [0, 0.1) is 11.7 Å². The van der Waals surface area contributed by atoms with E-state index in [9.17, 15) is 14.3 Å². The topological polar surface area (TPSA) is 82.7 Å². The maximum Gasteiger partial charge on any atom is 0.248 e. The summed E-state index contributed by atoms with van der Waals surface area (Å²) in [6.07, 6.45) is 3.37. The molecule has 1 aromatic carbocycles. The van der Waals surface area contributed by atoms with E-state index >= 15 is 0 Å². The molecule has 158 valence electrons. The van der Waals surface area contributed by atoms with Crippen LogP contribution in [0.5, 0.6) is 0 Å². The Bertz CT molecular complexity index is 851. The third-order valence-electron chi connectivity index (χ3n) is 5.36. The Morgan fingerprint density at radius 1 is 1.38 bits per heavy atom. The minimum absolute atomic E-state index is 0. The second-order valence-corrected chi connectivity index (χ2v) is 7.82. The Morgan fingerprint density at radius 2 is 2.14 bits per heavy atom. The van der Waals surface area contributed by atoms with Gasteiger partial charge >= 0.3 is 0 Å². The van der Waals surface area contributed by atoms with Crippen LogP contribution in [0.1, 0.15) is 27.9 Å². The quantitative estimate of drug-likeness (QED) is 0.744. The van der Waals surface area contributed by atoms with Crippen molar-refractivity contribution in [3.05, 3.63) is 65.2 Å². The van der Waals surface area contributed by atoms with Crippen LogP contribution in [0.25, 0.3) is 0 Å². The van der Waals surface area contributed by atoms with E-state index in [1.165, 1.54) is 12.3 Å². The molecule has 1 aliphatic rings. The number of pyridine rings is 1. The molecule has 0 radical (unpaired) electrons. The number of aliphatic hydroxyl groups is 1. The van der Waals surface area contributed by atoms with Crippen molar-refractivity contribution in [1.82, 2.24) is 14.8 Å². The lowest BCUT2D eigenvalue weighted by Crippen LogP contribution is -2.52. The van der Waals surface area contributed by atoms with Crippen molar-refractivity contribution in [2.45, 2.75) is 18.6 Å². The second-order valence-electron chi connectivity index (χ2n) is 7.82. The molecule has 1 aromatic heterocycles. The maximum atomic E-state index is 13.5. The summed E-state index contributed by atoms with van der Waals surface area (Å²) in [5.41, 5.74) is 6.27. The highest BCUT2D eigenvalue weighted by atomic mass is 35.5. The first-order chi connectivity index (χ1) is 13.3. The van der Waals surface area contributed by atoms with E-state index in [2.05, 4.69) is 9.88 Å². The van der Waals surface area contributed by atoms with Gasteiger partial charge in [0.25, 0.3) is 0 Å². The minimum Gasteiger partial charge on any atom is -0.385 e. The molecule has 3 rings (SSSR count). The van der Waals surface area contributed by atoms with Gasteiger partial charge in [-0.1, -0.05) is 12.1 Å². The summed E-state index contributed by atoms with van der Waals surface area (Å²) >= 11 is 0. The fourth-order valence-electron chi connectivity index (χ4n) is 4.00. The van der Waals surface area contributed by atoms with Crippen LogP contribution in [0.4, 0.5) is 4.39 Å². The van der Waals surface area contributed by atoms with Gasteiger partial charge in [-0.3, -0.25) is 14.7 Å². The van der Waals surface area contributed by atoms with Gasteiger partial charge in [0.05, 0.1) is 11.8 Å². The van der Waals surface area contributed by atoms with E-state index in [1.807, 2.05) is 25.1 Å². The number of carbonyl (C=O) groups excluding carboxylic acids is 1. The van der Waals surface area contributed by atoms with Gasteiger partial charge in [-0.15, -0.1) is 12.4 Å². The molecule has 6 nitrogen and oxygen atoms in total. The van der Waals surface area contributed by atoms with Crippen LogP contribution in [-0.4, -0.2) is 59.5 Å². The molecule has 0 spiro atoms. The zero-order chi connectivity index (χ0) is 20.3. The van der Waals surface area contributed by atoms with Crippen LogP contribution in [0.2, 0.25) is 0 Å². The summed E-state index contributed by atoms with van der Waals surface area (Å²) in [5, 5.41) is 11.6. The zero-order valence-corrected chi connectivity index (χ0v) is 17.5. The Balaban J connectivity index is 0.00000300. The van der Waals surface area contributed by atoms with Gasteiger partial charge in [-0.05, 0) is 49.8 Å².